The van der Waals surface area contributed by atoms with E-state index in [0.717, 1.165) is 44.0 Å². The Morgan fingerprint density at radius 3 is 2.31 bits per heavy atom. The van der Waals surface area contributed by atoms with Crippen molar-refractivity contribution in [1.29, 1.82) is 0 Å². The molecule has 1 aliphatic rings. The quantitative estimate of drug-likeness (QED) is 0.239. The minimum absolute atomic E-state index is 0.0385. The Balaban J connectivity index is 1.52. The van der Waals surface area contributed by atoms with Gasteiger partial charge in [0.2, 0.25) is 6.41 Å². The number of morpholine rings is 1. The molecule has 0 spiro atoms. The van der Waals surface area contributed by atoms with Crippen LogP contribution in [0.3, 0.4) is 0 Å². The van der Waals surface area contributed by atoms with Gasteiger partial charge in [-0.1, -0.05) is 59.6 Å². The minimum Gasteiger partial charge on any atom is -0.379 e. The first-order chi connectivity index (χ1) is 20.5. The van der Waals surface area contributed by atoms with Gasteiger partial charge in [0.05, 0.1) is 24.8 Å². The highest BCUT2D eigenvalue weighted by Crippen LogP contribution is 2.34. The number of carbonyl (C=O) groups is 3. The summed E-state index contributed by atoms with van der Waals surface area (Å²) in [5.74, 6) is -0.115. The summed E-state index contributed by atoms with van der Waals surface area (Å²) >= 11 is 12.7. The summed E-state index contributed by atoms with van der Waals surface area (Å²) in [4.78, 5) is 46.0. The lowest BCUT2D eigenvalue weighted by atomic mass is 10.1. The van der Waals surface area contributed by atoms with Gasteiger partial charge >= 0.3 is 0 Å². The molecule has 0 unspecified atom stereocenters. The van der Waals surface area contributed by atoms with Crippen molar-refractivity contribution in [1.82, 2.24) is 19.4 Å². The number of aldehydes is 1. The van der Waals surface area contributed by atoms with Crippen LogP contribution in [0.15, 0.2) is 72.8 Å². The largest absolute Gasteiger partial charge is 0.379 e. The molecule has 0 atom stereocenters. The van der Waals surface area contributed by atoms with Crippen LogP contribution in [-0.2, 0) is 27.4 Å². The molecular formula is C31H29Cl2N5O4. The van der Waals surface area contributed by atoms with Crippen molar-refractivity contribution in [2.45, 2.75) is 13.1 Å². The lowest BCUT2D eigenvalue weighted by Gasteiger charge is -2.26. The maximum atomic E-state index is 14.2. The Bertz CT molecular complexity index is 1550. The average molecular weight is 607 g/mol. The van der Waals surface area contributed by atoms with Crippen molar-refractivity contribution in [2.75, 3.05) is 38.2 Å². The molecule has 1 fully saturated rings. The van der Waals surface area contributed by atoms with Crippen molar-refractivity contribution in [3.05, 3.63) is 99.7 Å². The second kappa shape index (κ2) is 13.8. The molecule has 5 rings (SSSR count). The molecule has 1 saturated heterocycles. The third-order valence-electron chi connectivity index (χ3n) is 6.96. The summed E-state index contributed by atoms with van der Waals surface area (Å²) < 4.78 is 7.05. The number of nitrogens with one attached hydrogen (secondary N) is 1. The van der Waals surface area contributed by atoms with Gasteiger partial charge in [0.25, 0.3) is 5.91 Å². The highest BCUT2D eigenvalue weighted by atomic mass is 35.5. The van der Waals surface area contributed by atoms with Crippen LogP contribution in [-0.4, -0.2) is 70.8 Å². The molecule has 1 N–H and O–H groups in total. The summed E-state index contributed by atoms with van der Waals surface area (Å²) in [7, 11) is 0. The van der Waals surface area contributed by atoms with Gasteiger partial charge in [-0.25, -0.2) is 4.98 Å². The average Bonchev–Trinajstić information content (AvgIpc) is 3.37. The summed E-state index contributed by atoms with van der Waals surface area (Å²) in [5.41, 5.74) is 3.20. The fraction of sp³-hybridized carbons (Fsp3) is 0.226. The van der Waals surface area contributed by atoms with E-state index >= 15 is 0 Å². The van der Waals surface area contributed by atoms with Crippen LogP contribution >= 0.6 is 23.2 Å². The van der Waals surface area contributed by atoms with Crippen LogP contribution in [0.5, 0.6) is 0 Å². The smallest absolute Gasteiger partial charge is 0.275 e. The third-order valence-corrected chi connectivity index (χ3v) is 7.55. The lowest BCUT2D eigenvalue weighted by Crippen LogP contribution is -2.35. The minimum atomic E-state index is -0.496. The SMILES string of the molecule is O=CCN(Cc1ccc(CN2CCOCC2)cc1)C(=O)c1c(NC=O)nc(-c2ccccc2Cl)n1-c1ccc(Cl)cc1. The highest BCUT2D eigenvalue weighted by Gasteiger charge is 2.29. The maximum Gasteiger partial charge on any atom is 0.275 e. The highest BCUT2D eigenvalue weighted by molar-refractivity contribution is 6.33. The van der Waals surface area contributed by atoms with Gasteiger partial charge in [-0.15, -0.1) is 0 Å². The third kappa shape index (κ3) is 6.71. The number of carbonyl (C=O) groups excluding carboxylic acids is 3. The number of amides is 2. The van der Waals surface area contributed by atoms with Crippen molar-refractivity contribution in [3.63, 3.8) is 0 Å². The number of nitrogens with zero attached hydrogens (tertiary/aromatic N) is 4. The summed E-state index contributed by atoms with van der Waals surface area (Å²) in [6, 6.07) is 21.9. The normalized spacial score (nSPS) is 13.5. The molecule has 2 heterocycles. The number of imidazole rings is 1. The molecule has 0 bridgehead atoms. The molecule has 0 aliphatic carbocycles. The van der Waals surface area contributed by atoms with Crippen molar-refractivity contribution < 1.29 is 19.1 Å². The maximum absolute atomic E-state index is 14.2. The first-order valence-corrected chi connectivity index (χ1v) is 14.2. The number of benzene rings is 3. The van der Waals surface area contributed by atoms with Crippen LogP contribution in [0.4, 0.5) is 5.82 Å². The molecule has 4 aromatic rings. The second-order valence-corrected chi connectivity index (χ2v) is 10.6. The van der Waals surface area contributed by atoms with Gasteiger partial charge in [0.1, 0.15) is 12.1 Å². The topological polar surface area (TPSA) is 96.8 Å². The van der Waals surface area contributed by atoms with E-state index in [1.54, 1.807) is 53.1 Å². The Hall–Kier alpha value is -4.02. The fourth-order valence-electron chi connectivity index (χ4n) is 4.89. The van der Waals surface area contributed by atoms with Crippen LogP contribution in [0, 0.1) is 0 Å². The first-order valence-electron chi connectivity index (χ1n) is 13.4. The Morgan fingerprint density at radius 2 is 1.64 bits per heavy atom. The van der Waals surface area contributed by atoms with E-state index in [9.17, 15) is 14.4 Å². The van der Waals surface area contributed by atoms with Gasteiger partial charge in [-0.3, -0.25) is 19.1 Å². The van der Waals surface area contributed by atoms with Crippen LogP contribution in [0.1, 0.15) is 21.6 Å². The van der Waals surface area contributed by atoms with Crippen molar-refractivity contribution in [2.24, 2.45) is 0 Å². The van der Waals surface area contributed by atoms with E-state index in [-0.39, 0.29) is 24.6 Å². The zero-order chi connectivity index (χ0) is 29.5. The molecule has 9 nitrogen and oxygen atoms in total. The molecular weight excluding hydrogens is 577 g/mol. The van der Waals surface area contributed by atoms with Gasteiger partial charge in [0, 0.05) is 42.5 Å². The molecule has 3 aromatic carbocycles. The van der Waals surface area contributed by atoms with Gasteiger partial charge in [0.15, 0.2) is 11.5 Å². The van der Waals surface area contributed by atoms with E-state index in [1.807, 2.05) is 24.3 Å². The van der Waals surface area contributed by atoms with E-state index in [2.05, 4.69) is 15.2 Å². The zero-order valence-corrected chi connectivity index (χ0v) is 24.2. The molecule has 0 radical (unpaired) electrons. The summed E-state index contributed by atoms with van der Waals surface area (Å²) in [6.07, 6.45) is 1.13. The molecule has 216 valence electrons. The predicted molar refractivity (Wildman–Crippen MR) is 162 cm³/mol. The van der Waals surface area contributed by atoms with Crippen molar-refractivity contribution >= 4 is 47.6 Å². The molecule has 0 saturated carbocycles. The van der Waals surface area contributed by atoms with Gasteiger partial charge in [-0.05, 0) is 47.5 Å². The molecule has 1 aliphatic heterocycles. The summed E-state index contributed by atoms with van der Waals surface area (Å²) in [6.45, 7) is 4.05. The monoisotopic (exact) mass is 605 g/mol. The van der Waals surface area contributed by atoms with E-state index in [4.69, 9.17) is 27.9 Å². The van der Waals surface area contributed by atoms with E-state index in [0.29, 0.717) is 39.8 Å². The second-order valence-electron chi connectivity index (χ2n) is 9.74. The van der Waals surface area contributed by atoms with Crippen LogP contribution < -0.4 is 5.32 Å². The zero-order valence-electron chi connectivity index (χ0n) is 22.7. The summed E-state index contributed by atoms with van der Waals surface area (Å²) in [5, 5.41) is 3.49. The van der Waals surface area contributed by atoms with E-state index in [1.165, 1.54) is 4.90 Å². The number of ether oxygens (including phenoxy) is 1. The number of halogens is 2. The molecule has 1 aromatic heterocycles. The number of rotatable bonds is 11. The standard InChI is InChI=1S/C31H29Cl2N5O4/c32-24-9-11-25(12-10-24)38-28(29(34-21-40)35-30(38)26-3-1-2-4-27(26)33)31(41)37(13-16-39)20-23-7-5-22(6-8-23)19-36-14-17-42-18-15-36/h1-12,16,21H,13-15,17-20H2,(H,34,40). The van der Waals surface area contributed by atoms with E-state index < -0.39 is 5.91 Å². The molecule has 11 heteroatoms. The fourth-order valence-corrected chi connectivity index (χ4v) is 5.23. The molecule has 2 amide bonds. The molecule has 42 heavy (non-hydrogen) atoms. The van der Waals surface area contributed by atoms with Gasteiger partial charge < -0.3 is 19.7 Å². The first kappa shape index (κ1) is 29.5. The van der Waals surface area contributed by atoms with Crippen LogP contribution in [0.2, 0.25) is 10.0 Å². The van der Waals surface area contributed by atoms with Crippen LogP contribution in [0.25, 0.3) is 17.1 Å². The number of anilines is 1. The van der Waals surface area contributed by atoms with Gasteiger partial charge in [-0.2, -0.15) is 0 Å². The predicted octanol–water partition coefficient (Wildman–Crippen LogP) is 5.09. The van der Waals surface area contributed by atoms with Crippen molar-refractivity contribution in [3.8, 4) is 17.1 Å². The number of hydrogen-bond donors (Lipinski definition) is 1. The number of aromatic nitrogens is 2. The Labute approximate surface area is 253 Å². The Morgan fingerprint density at radius 1 is 0.952 bits per heavy atom. The lowest BCUT2D eigenvalue weighted by molar-refractivity contribution is -0.108. The Kier molecular flexibility index (Phi) is 9.66. The number of hydrogen-bond acceptors (Lipinski definition) is 6.